The molecule has 0 heterocycles. The van der Waals surface area contributed by atoms with Crippen molar-refractivity contribution in [2.24, 2.45) is 5.92 Å². The van der Waals surface area contributed by atoms with E-state index in [1.165, 1.54) is 64.2 Å². The molecular formula is C20H41NO2Si. The van der Waals surface area contributed by atoms with Crippen molar-refractivity contribution in [3.05, 3.63) is 0 Å². The molecule has 0 bridgehead atoms. The number of hydrogen-bond donors (Lipinski definition) is 0. The predicted octanol–water partition coefficient (Wildman–Crippen LogP) is 5.62. The normalized spacial score (nSPS) is 22.5. The van der Waals surface area contributed by atoms with Crippen LogP contribution in [0.1, 0.15) is 91.9 Å². The molecule has 0 saturated heterocycles. The molecule has 0 aromatic rings. The summed E-state index contributed by atoms with van der Waals surface area (Å²) in [6.07, 6.45) is 13.6. The Balaban J connectivity index is 2.43. The zero-order valence-electron chi connectivity index (χ0n) is 17.1. The molecule has 2 saturated carbocycles. The van der Waals surface area contributed by atoms with Gasteiger partial charge in [-0.2, -0.15) is 0 Å². The highest BCUT2D eigenvalue weighted by molar-refractivity contribution is 6.68. The van der Waals surface area contributed by atoms with E-state index < -0.39 is 8.72 Å². The third kappa shape index (κ3) is 3.77. The van der Waals surface area contributed by atoms with Gasteiger partial charge in [0.2, 0.25) is 0 Å². The van der Waals surface area contributed by atoms with E-state index in [1.807, 2.05) is 14.2 Å². The van der Waals surface area contributed by atoms with E-state index >= 15 is 0 Å². The second kappa shape index (κ2) is 8.66. The van der Waals surface area contributed by atoms with Gasteiger partial charge in [0.25, 0.3) is 0 Å². The summed E-state index contributed by atoms with van der Waals surface area (Å²) in [5.74, 6) is 0.541. The SMILES string of the molecule is CO[Si](OC)(N(C1CCCCC1)C1CCCCC1)C(C)(C)C(C)C. The molecule has 0 aromatic carbocycles. The van der Waals surface area contributed by atoms with Crippen LogP contribution in [0, 0.1) is 5.92 Å². The molecule has 0 aliphatic heterocycles. The predicted molar refractivity (Wildman–Crippen MR) is 104 cm³/mol. The second-order valence-corrected chi connectivity index (χ2v) is 12.6. The molecule has 0 atom stereocenters. The quantitative estimate of drug-likeness (QED) is 0.553. The maximum atomic E-state index is 6.42. The smallest absolute Gasteiger partial charge is 0.386 e. The third-order valence-electron chi connectivity index (χ3n) is 7.09. The zero-order valence-corrected chi connectivity index (χ0v) is 18.1. The second-order valence-electron chi connectivity index (χ2n) is 8.86. The van der Waals surface area contributed by atoms with E-state index in [0.717, 1.165) is 0 Å². The summed E-state index contributed by atoms with van der Waals surface area (Å²) in [5, 5.41) is 0.0609. The number of rotatable bonds is 7. The fourth-order valence-corrected chi connectivity index (χ4v) is 9.53. The van der Waals surface area contributed by atoms with Gasteiger partial charge in [-0.15, -0.1) is 0 Å². The molecule has 0 spiro atoms. The summed E-state index contributed by atoms with van der Waals surface area (Å²) < 4.78 is 15.7. The highest BCUT2D eigenvalue weighted by atomic mass is 28.4. The summed E-state index contributed by atoms with van der Waals surface area (Å²) in [5.41, 5.74) is 0. The molecular weight excluding hydrogens is 314 g/mol. The Labute approximate surface area is 151 Å². The highest BCUT2D eigenvalue weighted by Crippen LogP contribution is 2.49. The average molecular weight is 356 g/mol. The van der Waals surface area contributed by atoms with Crippen LogP contribution in [-0.2, 0) is 8.85 Å². The van der Waals surface area contributed by atoms with Crippen molar-refractivity contribution in [3.8, 4) is 0 Å². The van der Waals surface area contributed by atoms with Crippen LogP contribution in [0.3, 0.4) is 0 Å². The summed E-state index contributed by atoms with van der Waals surface area (Å²) in [7, 11) is 1.33. The Hall–Kier alpha value is 0.0969. The minimum absolute atomic E-state index is 0.0609. The monoisotopic (exact) mass is 355 g/mol. The van der Waals surface area contributed by atoms with Gasteiger partial charge in [0.05, 0.1) is 0 Å². The minimum atomic E-state index is -2.51. The topological polar surface area (TPSA) is 21.7 Å². The first kappa shape index (κ1) is 20.4. The molecule has 2 rings (SSSR count). The fourth-order valence-electron chi connectivity index (χ4n) is 5.02. The number of hydrogen-bond acceptors (Lipinski definition) is 3. The third-order valence-corrected chi connectivity index (χ3v) is 11.8. The van der Waals surface area contributed by atoms with Gasteiger partial charge in [-0.1, -0.05) is 66.2 Å². The Kier molecular flexibility index (Phi) is 7.36. The van der Waals surface area contributed by atoms with Crippen molar-refractivity contribution in [3.63, 3.8) is 0 Å². The molecule has 0 aromatic heterocycles. The Morgan fingerprint density at radius 1 is 0.792 bits per heavy atom. The van der Waals surface area contributed by atoms with Crippen LogP contribution in [0.5, 0.6) is 0 Å². The van der Waals surface area contributed by atoms with E-state index in [1.54, 1.807) is 0 Å². The van der Waals surface area contributed by atoms with Crippen LogP contribution in [0.2, 0.25) is 5.04 Å². The van der Waals surface area contributed by atoms with Crippen LogP contribution in [0.4, 0.5) is 0 Å². The van der Waals surface area contributed by atoms with Gasteiger partial charge >= 0.3 is 8.72 Å². The lowest BCUT2D eigenvalue weighted by atomic mass is 9.91. The lowest BCUT2D eigenvalue weighted by molar-refractivity contribution is 0.0507. The average Bonchev–Trinajstić information content (AvgIpc) is 2.60. The molecule has 4 heteroatoms. The van der Waals surface area contributed by atoms with Crippen molar-refractivity contribution < 1.29 is 8.85 Å². The summed E-state index contributed by atoms with van der Waals surface area (Å²) in [4.78, 5) is 0. The molecule has 2 aliphatic rings. The van der Waals surface area contributed by atoms with Gasteiger partial charge in [0, 0.05) is 31.3 Å². The summed E-state index contributed by atoms with van der Waals surface area (Å²) in [6, 6.07) is 1.32. The van der Waals surface area contributed by atoms with E-state index in [-0.39, 0.29) is 5.04 Å². The van der Waals surface area contributed by atoms with Crippen molar-refractivity contribution >= 4 is 8.72 Å². The Morgan fingerprint density at radius 2 is 1.17 bits per heavy atom. The van der Waals surface area contributed by atoms with Crippen LogP contribution in [0.15, 0.2) is 0 Å². The first-order chi connectivity index (χ1) is 11.4. The van der Waals surface area contributed by atoms with E-state index in [4.69, 9.17) is 8.85 Å². The van der Waals surface area contributed by atoms with Gasteiger partial charge in [-0.25, -0.2) is 0 Å². The minimum Gasteiger partial charge on any atom is -0.386 e. The van der Waals surface area contributed by atoms with Crippen LogP contribution >= 0.6 is 0 Å². The van der Waals surface area contributed by atoms with E-state index in [0.29, 0.717) is 18.0 Å². The van der Waals surface area contributed by atoms with Gasteiger partial charge < -0.3 is 8.85 Å². The lowest BCUT2D eigenvalue weighted by Crippen LogP contribution is -2.70. The Morgan fingerprint density at radius 3 is 1.46 bits per heavy atom. The molecule has 3 nitrogen and oxygen atoms in total. The maximum Gasteiger partial charge on any atom is 0.433 e. The molecule has 0 N–H and O–H groups in total. The van der Waals surface area contributed by atoms with E-state index in [9.17, 15) is 0 Å². The van der Waals surface area contributed by atoms with Crippen LogP contribution in [-0.4, -0.2) is 39.6 Å². The van der Waals surface area contributed by atoms with Gasteiger partial charge in [0.15, 0.2) is 0 Å². The summed E-state index contributed by atoms with van der Waals surface area (Å²) >= 11 is 0. The van der Waals surface area contributed by atoms with Crippen molar-refractivity contribution in [1.82, 2.24) is 4.57 Å². The van der Waals surface area contributed by atoms with Gasteiger partial charge in [-0.3, -0.25) is 4.57 Å². The molecule has 0 amide bonds. The van der Waals surface area contributed by atoms with Gasteiger partial charge in [0.1, 0.15) is 0 Å². The van der Waals surface area contributed by atoms with Crippen LogP contribution < -0.4 is 0 Å². The molecule has 142 valence electrons. The number of nitrogens with zero attached hydrogens (tertiary/aromatic N) is 1. The lowest BCUT2D eigenvalue weighted by Gasteiger charge is -2.55. The first-order valence-electron chi connectivity index (χ1n) is 10.3. The largest absolute Gasteiger partial charge is 0.433 e. The molecule has 2 fully saturated rings. The molecule has 0 unspecified atom stereocenters. The molecule has 2 aliphatic carbocycles. The highest BCUT2D eigenvalue weighted by Gasteiger charge is 2.60. The van der Waals surface area contributed by atoms with Crippen LogP contribution in [0.25, 0.3) is 0 Å². The van der Waals surface area contributed by atoms with E-state index in [2.05, 4.69) is 32.3 Å². The Bertz CT molecular complexity index is 352. The van der Waals surface area contributed by atoms with Crippen molar-refractivity contribution in [2.75, 3.05) is 14.2 Å². The maximum absolute atomic E-state index is 6.42. The van der Waals surface area contributed by atoms with Gasteiger partial charge in [-0.05, 0) is 31.6 Å². The van der Waals surface area contributed by atoms with Crippen molar-refractivity contribution in [1.29, 1.82) is 0 Å². The zero-order chi connectivity index (χ0) is 17.8. The first-order valence-corrected chi connectivity index (χ1v) is 12.1. The molecule has 0 radical (unpaired) electrons. The summed E-state index contributed by atoms with van der Waals surface area (Å²) in [6.45, 7) is 9.44. The standard InChI is InChI=1S/C20H41NO2Si/c1-17(2)20(3,4)24(22-5,23-6)21(18-13-9-7-10-14-18)19-15-11-8-12-16-19/h17-19H,7-16H2,1-6H3. The fraction of sp³-hybridized carbons (Fsp3) is 1.00. The van der Waals surface area contributed by atoms with Crippen molar-refractivity contribution in [2.45, 2.75) is 109 Å². The molecule has 24 heavy (non-hydrogen) atoms.